The van der Waals surface area contributed by atoms with Crippen LogP contribution in [0.5, 0.6) is 0 Å². The summed E-state index contributed by atoms with van der Waals surface area (Å²) in [6, 6.07) is 13.6. The predicted molar refractivity (Wildman–Crippen MR) is 104 cm³/mol. The van der Waals surface area contributed by atoms with Gasteiger partial charge in [-0.15, -0.1) is 0 Å². The smallest absolute Gasteiger partial charge is 0.253 e. The molecule has 142 valence electrons. The van der Waals surface area contributed by atoms with E-state index in [1.165, 1.54) is 24.3 Å². The summed E-state index contributed by atoms with van der Waals surface area (Å²) < 4.78 is 13.0. The number of carbonyl (C=O) groups excluding carboxylic acids is 2. The topological polar surface area (TPSA) is 40.6 Å². The standard InChI is InChI=1S/C22H25FN2O2/c1-3-25(20-6-4-5-16(2)15-20)22(27)18-11-13-24(14-12-18)21(26)17-7-9-19(23)10-8-17/h4-10,15,18H,3,11-14H2,1-2H3. The zero-order valence-electron chi connectivity index (χ0n) is 15.8. The quantitative estimate of drug-likeness (QED) is 0.817. The lowest BCUT2D eigenvalue weighted by molar-refractivity contribution is -0.123. The van der Waals surface area contributed by atoms with Crippen LogP contribution in [0.15, 0.2) is 48.5 Å². The number of aryl methyl sites for hydroxylation is 1. The molecule has 0 atom stereocenters. The van der Waals surface area contributed by atoms with Crippen LogP contribution in [0.3, 0.4) is 0 Å². The molecule has 0 unspecified atom stereocenters. The Bertz CT molecular complexity index is 811. The summed E-state index contributed by atoms with van der Waals surface area (Å²) in [7, 11) is 0. The van der Waals surface area contributed by atoms with Crippen LogP contribution in [-0.4, -0.2) is 36.3 Å². The lowest BCUT2D eigenvalue weighted by Gasteiger charge is -2.34. The van der Waals surface area contributed by atoms with Gasteiger partial charge in [0.25, 0.3) is 5.91 Å². The second-order valence-corrected chi connectivity index (χ2v) is 6.99. The third-order valence-electron chi connectivity index (χ3n) is 5.12. The van der Waals surface area contributed by atoms with E-state index in [1.807, 2.05) is 43.0 Å². The fourth-order valence-corrected chi connectivity index (χ4v) is 3.59. The molecule has 0 aliphatic carbocycles. The summed E-state index contributed by atoms with van der Waals surface area (Å²) in [5, 5.41) is 0. The Balaban J connectivity index is 1.63. The van der Waals surface area contributed by atoms with Crippen LogP contribution in [0.1, 0.15) is 35.7 Å². The first-order valence-electron chi connectivity index (χ1n) is 9.42. The minimum atomic E-state index is -0.355. The number of halogens is 1. The normalized spacial score (nSPS) is 14.9. The Morgan fingerprint density at radius 3 is 2.37 bits per heavy atom. The van der Waals surface area contributed by atoms with Gasteiger partial charge in [0.05, 0.1) is 0 Å². The van der Waals surface area contributed by atoms with Gasteiger partial charge in [0.2, 0.25) is 5.91 Å². The van der Waals surface area contributed by atoms with Crippen molar-refractivity contribution in [2.24, 2.45) is 5.92 Å². The summed E-state index contributed by atoms with van der Waals surface area (Å²) in [5.41, 5.74) is 2.53. The number of nitrogens with zero attached hydrogens (tertiary/aromatic N) is 2. The van der Waals surface area contributed by atoms with E-state index >= 15 is 0 Å². The highest BCUT2D eigenvalue weighted by molar-refractivity contribution is 5.96. The molecule has 1 aliphatic rings. The maximum atomic E-state index is 13.0. The maximum absolute atomic E-state index is 13.0. The van der Waals surface area contributed by atoms with E-state index < -0.39 is 0 Å². The number of hydrogen-bond donors (Lipinski definition) is 0. The molecule has 5 heteroatoms. The molecule has 0 N–H and O–H groups in total. The van der Waals surface area contributed by atoms with Gasteiger partial charge in [0.15, 0.2) is 0 Å². The highest BCUT2D eigenvalue weighted by Gasteiger charge is 2.30. The molecule has 4 nitrogen and oxygen atoms in total. The number of likely N-dealkylation sites (tertiary alicyclic amines) is 1. The molecule has 1 saturated heterocycles. The van der Waals surface area contributed by atoms with E-state index in [1.54, 1.807) is 4.90 Å². The summed E-state index contributed by atoms with van der Waals surface area (Å²) in [6.07, 6.45) is 1.29. The predicted octanol–water partition coefficient (Wildman–Crippen LogP) is 4.04. The first-order valence-corrected chi connectivity index (χ1v) is 9.42. The molecule has 27 heavy (non-hydrogen) atoms. The molecule has 0 saturated carbocycles. The number of hydrogen-bond acceptors (Lipinski definition) is 2. The van der Waals surface area contributed by atoms with Crippen molar-refractivity contribution in [3.63, 3.8) is 0 Å². The molecule has 1 heterocycles. The summed E-state index contributed by atoms with van der Waals surface area (Å²) >= 11 is 0. The van der Waals surface area contributed by atoms with Gasteiger partial charge >= 0.3 is 0 Å². The van der Waals surface area contributed by atoms with Gasteiger partial charge < -0.3 is 9.80 Å². The highest BCUT2D eigenvalue weighted by Crippen LogP contribution is 2.25. The van der Waals surface area contributed by atoms with Crippen molar-refractivity contribution in [1.82, 2.24) is 4.90 Å². The molecule has 0 bridgehead atoms. The Morgan fingerprint density at radius 2 is 1.78 bits per heavy atom. The Hall–Kier alpha value is -2.69. The fourth-order valence-electron chi connectivity index (χ4n) is 3.59. The van der Waals surface area contributed by atoms with Crippen molar-refractivity contribution < 1.29 is 14.0 Å². The zero-order valence-corrected chi connectivity index (χ0v) is 15.8. The van der Waals surface area contributed by atoms with E-state index in [0.717, 1.165) is 11.3 Å². The van der Waals surface area contributed by atoms with E-state index in [9.17, 15) is 14.0 Å². The highest BCUT2D eigenvalue weighted by atomic mass is 19.1. The number of anilines is 1. The van der Waals surface area contributed by atoms with Crippen LogP contribution in [0, 0.1) is 18.7 Å². The molecule has 0 spiro atoms. The van der Waals surface area contributed by atoms with E-state index in [4.69, 9.17) is 0 Å². The summed E-state index contributed by atoms with van der Waals surface area (Å²) in [4.78, 5) is 29.1. The van der Waals surface area contributed by atoms with Crippen LogP contribution in [0.25, 0.3) is 0 Å². The fraction of sp³-hybridized carbons (Fsp3) is 0.364. The van der Waals surface area contributed by atoms with Crippen molar-refractivity contribution in [2.75, 3.05) is 24.5 Å². The Kier molecular flexibility index (Phi) is 5.89. The van der Waals surface area contributed by atoms with Gasteiger partial charge in [0.1, 0.15) is 5.82 Å². The molecule has 3 rings (SSSR count). The molecule has 2 aromatic rings. The van der Waals surface area contributed by atoms with Crippen molar-refractivity contribution in [2.45, 2.75) is 26.7 Å². The maximum Gasteiger partial charge on any atom is 0.253 e. The average Bonchev–Trinajstić information content (AvgIpc) is 2.69. The largest absolute Gasteiger partial charge is 0.339 e. The Morgan fingerprint density at radius 1 is 1.11 bits per heavy atom. The summed E-state index contributed by atoms with van der Waals surface area (Å²) in [5.74, 6) is -0.418. The third-order valence-corrected chi connectivity index (χ3v) is 5.12. The second kappa shape index (κ2) is 8.33. The van der Waals surface area contributed by atoms with Crippen molar-refractivity contribution in [3.8, 4) is 0 Å². The lowest BCUT2D eigenvalue weighted by Crippen LogP contribution is -2.44. The SMILES string of the molecule is CCN(C(=O)C1CCN(C(=O)c2ccc(F)cc2)CC1)c1cccc(C)c1. The number of piperidine rings is 1. The van der Waals surface area contributed by atoms with Crippen LogP contribution in [0.4, 0.5) is 10.1 Å². The van der Waals surface area contributed by atoms with Crippen LogP contribution >= 0.6 is 0 Å². The number of rotatable bonds is 4. The van der Waals surface area contributed by atoms with Crippen molar-refractivity contribution in [3.05, 3.63) is 65.5 Å². The molecular formula is C22H25FN2O2. The molecule has 2 aromatic carbocycles. The number of carbonyl (C=O) groups is 2. The van der Waals surface area contributed by atoms with Gasteiger partial charge in [-0.2, -0.15) is 0 Å². The molecule has 2 amide bonds. The molecule has 1 aliphatic heterocycles. The van der Waals surface area contributed by atoms with Gasteiger partial charge in [0, 0.05) is 36.8 Å². The van der Waals surface area contributed by atoms with Crippen molar-refractivity contribution >= 4 is 17.5 Å². The monoisotopic (exact) mass is 368 g/mol. The van der Waals surface area contributed by atoms with E-state index in [0.29, 0.717) is 38.0 Å². The first-order chi connectivity index (χ1) is 13.0. The van der Waals surface area contributed by atoms with Crippen LogP contribution in [0.2, 0.25) is 0 Å². The number of benzene rings is 2. The third kappa shape index (κ3) is 4.35. The summed E-state index contributed by atoms with van der Waals surface area (Å²) in [6.45, 7) is 5.70. The average molecular weight is 368 g/mol. The Labute approximate surface area is 159 Å². The second-order valence-electron chi connectivity index (χ2n) is 6.99. The van der Waals surface area contributed by atoms with Gasteiger partial charge in [-0.25, -0.2) is 4.39 Å². The molecule has 0 aromatic heterocycles. The minimum Gasteiger partial charge on any atom is -0.339 e. The van der Waals surface area contributed by atoms with E-state index in [-0.39, 0.29) is 23.5 Å². The van der Waals surface area contributed by atoms with Gasteiger partial charge in [-0.3, -0.25) is 9.59 Å². The molecule has 0 radical (unpaired) electrons. The van der Waals surface area contributed by atoms with Crippen molar-refractivity contribution in [1.29, 1.82) is 0 Å². The van der Waals surface area contributed by atoms with Gasteiger partial charge in [-0.1, -0.05) is 12.1 Å². The van der Waals surface area contributed by atoms with Crippen LogP contribution in [-0.2, 0) is 4.79 Å². The zero-order chi connectivity index (χ0) is 19.4. The van der Waals surface area contributed by atoms with E-state index in [2.05, 4.69) is 0 Å². The lowest BCUT2D eigenvalue weighted by atomic mass is 9.94. The minimum absolute atomic E-state index is 0.0808. The van der Waals surface area contributed by atoms with Crippen LogP contribution < -0.4 is 4.90 Å². The first kappa shape index (κ1) is 19.1. The number of amides is 2. The molecule has 1 fully saturated rings. The molecular weight excluding hydrogens is 343 g/mol. The van der Waals surface area contributed by atoms with Gasteiger partial charge in [-0.05, 0) is 68.7 Å².